The Morgan fingerprint density at radius 3 is 2.57 bits per heavy atom. The van der Waals surface area contributed by atoms with E-state index in [1.165, 1.54) is 12.8 Å². The zero-order chi connectivity index (χ0) is 20.4. The number of carbonyl (C=O) groups excluding carboxylic acids is 2. The topological polar surface area (TPSA) is 87.7 Å². The molecule has 1 aliphatic heterocycles. The fourth-order valence-corrected chi connectivity index (χ4v) is 3.62. The van der Waals surface area contributed by atoms with Crippen molar-refractivity contribution in [1.82, 2.24) is 5.32 Å². The summed E-state index contributed by atoms with van der Waals surface area (Å²) in [7, 11) is 0. The first-order valence-corrected chi connectivity index (χ1v) is 10.1. The van der Waals surface area contributed by atoms with Gasteiger partial charge in [-0.25, -0.2) is 0 Å². The van der Waals surface area contributed by atoms with Gasteiger partial charge in [0.25, 0.3) is 5.91 Å². The number of benzene rings is 2. The average molecular weight is 438 g/mol. The summed E-state index contributed by atoms with van der Waals surface area (Å²) in [6.45, 7) is 0.983. The van der Waals surface area contributed by atoms with Gasteiger partial charge in [0.2, 0.25) is 0 Å². The molecule has 2 aromatic rings. The Kier molecular flexibility index (Phi) is 7.69. The van der Waals surface area contributed by atoms with Crippen molar-refractivity contribution in [2.24, 2.45) is 5.92 Å². The molecule has 2 aliphatic rings. The number of hydrogen-bond acceptors (Lipinski definition) is 5. The van der Waals surface area contributed by atoms with Gasteiger partial charge in [-0.1, -0.05) is 24.4 Å². The molecule has 6 nitrogen and oxygen atoms in total. The fraction of sp³-hybridized carbons (Fsp3) is 0.364. The molecule has 1 aliphatic carbocycles. The Hall–Kier alpha value is -1.73. The van der Waals surface area contributed by atoms with E-state index in [0.29, 0.717) is 41.3 Å². The van der Waals surface area contributed by atoms with Crippen molar-refractivity contribution in [3.63, 3.8) is 0 Å². The molecule has 2 aromatic carbocycles. The van der Waals surface area contributed by atoms with Gasteiger partial charge in [-0.2, -0.15) is 0 Å². The first-order valence-electron chi connectivity index (χ1n) is 9.74. The second-order valence-corrected chi connectivity index (χ2v) is 7.85. The molecule has 1 amide bonds. The number of carboxylic acids is 1. The molecule has 0 bridgehead atoms. The largest absolute Gasteiger partial charge is 1.00 e. The van der Waals surface area contributed by atoms with E-state index in [4.69, 9.17) is 21.1 Å². The van der Waals surface area contributed by atoms with Crippen molar-refractivity contribution in [3.05, 3.63) is 52.5 Å². The van der Waals surface area contributed by atoms with Gasteiger partial charge < -0.3 is 24.7 Å². The number of carboxylic acid groups (broad SMARTS) is 1. The number of carbonyl (C=O) groups is 2. The van der Waals surface area contributed by atoms with Gasteiger partial charge in [0.05, 0.1) is 11.6 Å². The summed E-state index contributed by atoms with van der Waals surface area (Å²) in [5, 5.41) is 14.5. The van der Waals surface area contributed by atoms with Crippen LogP contribution >= 0.6 is 11.6 Å². The second-order valence-electron chi connectivity index (χ2n) is 7.44. The first kappa shape index (κ1) is 22.9. The van der Waals surface area contributed by atoms with Crippen molar-refractivity contribution in [3.8, 4) is 17.2 Å². The molecule has 1 atom stereocenters. The van der Waals surface area contributed by atoms with E-state index in [2.05, 4.69) is 5.32 Å². The van der Waals surface area contributed by atoms with Gasteiger partial charge in [-0.3, -0.25) is 4.79 Å². The predicted octanol–water partition coefficient (Wildman–Crippen LogP) is 0.282. The molecule has 0 aromatic heterocycles. The van der Waals surface area contributed by atoms with Crippen LogP contribution in [0.15, 0.2) is 36.4 Å². The summed E-state index contributed by atoms with van der Waals surface area (Å²) in [5.41, 5.74) is 1.05. The number of fused-ring (bicyclic) bond motifs is 1. The Morgan fingerprint density at radius 1 is 1.17 bits per heavy atom. The summed E-state index contributed by atoms with van der Waals surface area (Å²) in [6.07, 6.45) is 3.92. The molecule has 0 saturated heterocycles. The summed E-state index contributed by atoms with van der Waals surface area (Å²) >= 11 is 6.29. The van der Waals surface area contributed by atoms with Crippen LogP contribution in [0.2, 0.25) is 5.02 Å². The van der Waals surface area contributed by atoms with E-state index in [-0.39, 0.29) is 47.1 Å². The van der Waals surface area contributed by atoms with Crippen LogP contribution in [0.5, 0.6) is 17.2 Å². The van der Waals surface area contributed by atoms with Gasteiger partial charge in [-0.05, 0) is 49.1 Å². The van der Waals surface area contributed by atoms with Crippen LogP contribution in [0.4, 0.5) is 0 Å². The quantitative estimate of drug-likeness (QED) is 0.629. The maximum absolute atomic E-state index is 12.2. The predicted molar refractivity (Wildman–Crippen MR) is 106 cm³/mol. The number of amides is 1. The van der Waals surface area contributed by atoms with Crippen molar-refractivity contribution < 1.29 is 53.7 Å². The number of aliphatic carboxylic acids is 1. The van der Waals surface area contributed by atoms with Gasteiger partial charge in [0, 0.05) is 35.6 Å². The minimum atomic E-state index is -1.15. The van der Waals surface area contributed by atoms with Gasteiger partial charge in [0.15, 0.2) is 0 Å². The molecular formula is C22H21ClNNaO5. The molecule has 152 valence electrons. The minimum Gasteiger partial charge on any atom is -0.549 e. The number of ether oxygens (including phenoxy) is 2. The summed E-state index contributed by atoms with van der Waals surface area (Å²) in [5.74, 6) is 0.0636. The van der Waals surface area contributed by atoms with Crippen molar-refractivity contribution in [2.45, 2.75) is 31.6 Å². The van der Waals surface area contributed by atoms with Crippen LogP contribution < -0.4 is 49.5 Å². The molecular weight excluding hydrogens is 417 g/mol. The first-order chi connectivity index (χ1) is 14.0. The normalized spacial score (nSPS) is 17.2. The Labute approximate surface area is 202 Å². The zero-order valence-electron chi connectivity index (χ0n) is 16.8. The van der Waals surface area contributed by atoms with Crippen LogP contribution in [0.3, 0.4) is 0 Å². The van der Waals surface area contributed by atoms with E-state index < -0.39 is 11.9 Å². The third kappa shape index (κ3) is 5.49. The molecule has 0 radical (unpaired) electrons. The summed E-state index contributed by atoms with van der Waals surface area (Å²) in [6, 6.07) is 9.90. The Balaban J connectivity index is 0.00000256. The SMILES string of the molecule is O=C(NCCC1CC1)c1ccc(Oc2cc3c(cc2Cl)C(C(=O)[O-])CCO3)cc1.[Na+]. The summed E-state index contributed by atoms with van der Waals surface area (Å²) < 4.78 is 11.4. The zero-order valence-corrected chi connectivity index (χ0v) is 19.5. The van der Waals surface area contributed by atoms with Gasteiger partial charge in [0.1, 0.15) is 17.2 Å². The monoisotopic (exact) mass is 437 g/mol. The van der Waals surface area contributed by atoms with E-state index in [0.717, 1.165) is 12.3 Å². The third-order valence-electron chi connectivity index (χ3n) is 5.27. The Bertz CT molecular complexity index is 930. The molecule has 30 heavy (non-hydrogen) atoms. The van der Waals surface area contributed by atoms with Crippen molar-refractivity contribution >= 4 is 23.5 Å². The number of rotatable bonds is 7. The molecule has 0 spiro atoms. The molecule has 1 N–H and O–H groups in total. The molecule has 1 heterocycles. The molecule has 4 rings (SSSR count). The van der Waals surface area contributed by atoms with Gasteiger partial charge in [-0.15, -0.1) is 0 Å². The van der Waals surface area contributed by atoms with E-state index >= 15 is 0 Å². The maximum Gasteiger partial charge on any atom is 1.00 e. The number of nitrogens with one attached hydrogen (secondary N) is 1. The smallest absolute Gasteiger partial charge is 0.549 e. The summed E-state index contributed by atoms with van der Waals surface area (Å²) in [4.78, 5) is 23.5. The van der Waals surface area contributed by atoms with Gasteiger partial charge >= 0.3 is 29.6 Å². The number of hydrogen-bond donors (Lipinski definition) is 1. The van der Waals surface area contributed by atoms with Crippen LogP contribution in [0, 0.1) is 5.92 Å². The third-order valence-corrected chi connectivity index (χ3v) is 5.56. The van der Waals surface area contributed by atoms with E-state index in [1.54, 1.807) is 36.4 Å². The number of halogens is 1. The van der Waals surface area contributed by atoms with E-state index in [9.17, 15) is 14.7 Å². The van der Waals surface area contributed by atoms with E-state index in [1.807, 2.05) is 0 Å². The Morgan fingerprint density at radius 2 is 1.90 bits per heavy atom. The molecule has 1 unspecified atom stereocenters. The molecule has 1 fully saturated rings. The van der Waals surface area contributed by atoms with Crippen LogP contribution in [0.1, 0.15) is 47.5 Å². The average Bonchev–Trinajstić information content (AvgIpc) is 3.53. The maximum atomic E-state index is 12.2. The standard InChI is InChI=1S/C22H22ClNO5.Na/c23-18-11-17-16(22(26)27)8-10-28-19(17)12-20(18)29-15-5-3-14(4-6-15)21(25)24-9-7-13-1-2-13;/h3-6,11-13,16H,1-2,7-10H2,(H,24,25)(H,26,27);/q;+1/p-1. The molecule has 1 saturated carbocycles. The van der Waals surface area contributed by atoms with Crippen LogP contribution in [-0.2, 0) is 4.79 Å². The fourth-order valence-electron chi connectivity index (χ4n) is 3.41. The van der Waals surface area contributed by atoms with Crippen LogP contribution in [0.25, 0.3) is 0 Å². The van der Waals surface area contributed by atoms with Crippen LogP contribution in [-0.4, -0.2) is 25.0 Å². The second kappa shape index (κ2) is 10.1. The van der Waals surface area contributed by atoms with Crippen molar-refractivity contribution in [1.29, 1.82) is 0 Å². The molecule has 8 heteroatoms. The van der Waals surface area contributed by atoms with Crippen molar-refractivity contribution in [2.75, 3.05) is 13.2 Å². The minimum absolute atomic E-state index is 0.